The maximum atomic E-state index is 13.4. The van der Waals surface area contributed by atoms with Gasteiger partial charge in [-0.05, 0) is 97.1 Å². The van der Waals surface area contributed by atoms with Crippen molar-refractivity contribution >= 4 is 28.5 Å². The zero-order chi connectivity index (χ0) is 28.7. The molecule has 0 unspecified atom stereocenters. The van der Waals surface area contributed by atoms with Crippen LogP contribution in [0.5, 0.6) is 5.75 Å². The van der Waals surface area contributed by atoms with Gasteiger partial charge in [-0.25, -0.2) is 4.39 Å². The number of hydrogen-bond donors (Lipinski definition) is 3. The number of aromatic nitrogens is 1. The fourth-order valence-corrected chi connectivity index (χ4v) is 5.18. The first-order chi connectivity index (χ1) is 19.8. The van der Waals surface area contributed by atoms with Crippen LogP contribution in [-0.4, -0.2) is 21.9 Å². The molecule has 0 radical (unpaired) electrons. The van der Waals surface area contributed by atoms with E-state index in [1.54, 1.807) is 25.3 Å². The molecule has 0 spiro atoms. The maximum absolute atomic E-state index is 13.4. The molecule has 1 fully saturated rings. The second-order valence-corrected chi connectivity index (χ2v) is 10.3. The van der Waals surface area contributed by atoms with E-state index >= 15 is 0 Å². The van der Waals surface area contributed by atoms with E-state index in [1.165, 1.54) is 30.3 Å². The van der Waals surface area contributed by atoms with Gasteiger partial charge in [-0.1, -0.05) is 19.1 Å². The second kappa shape index (κ2) is 10.2. The van der Waals surface area contributed by atoms with Crippen LogP contribution in [0.15, 0.2) is 83.4 Å². The highest BCUT2D eigenvalue weighted by atomic mass is 19.1. The zero-order valence-corrected chi connectivity index (χ0v) is 22.6. The smallest absolute Gasteiger partial charge is 0.259 e. The first-order valence-corrected chi connectivity index (χ1v) is 13.5. The van der Waals surface area contributed by atoms with Crippen LogP contribution in [0.3, 0.4) is 0 Å². The molecule has 1 aliphatic rings. The van der Waals surface area contributed by atoms with Gasteiger partial charge in [0.1, 0.15) is 22.9 Å². The highest BCUT2D eigenvalue weighted by Crippen LogP contribution is 2.45. The Kier molecular flexibility index (Phi) is 6.53. The average molecular weight is 550 g/mol. The third kappa shape index (κ3) is 4.93. The summed E-state index contributed by atoms with van der Waals surface area (Å²) in [5, 5.41) is 17.3. The number of carbonyl (C=O) groups excluding carboxylic acids is 2. The topological polar surface area (TPSA) is 104 Å². The zero-order valence-electron chi connectivity index (χ0n) is 22.6. The fourth-order valence-electron chi connectivity index (χ4n) is 5.18. The monoisotopic (exact) mass is 549 g/mol. The first-order valence-electron chi connectivity index (χ1n) is 13.5. The number of hydrogen-bond acceptors (Lipinski definition) is 5. The van der Waals surface area contributed by atoms with E-state index in [1.807, 2.05) is 37.3 Å². The van der Waals surface area contributed by atoms with E-state index in [4.69, 9.17) is 4.42 Å². The van der Waals surface area contributed by atoms with Gasteiger partial charge in [-0.15, -0.1) is 0 Å². The number of rotatable bonds is 7. The lowest BCUT2D eigenvalue weighted by Gasteiger charge is -2.18. The summed E-state index contributed by atoms with van der Waals surface area (Å²) in [6.07, 6.45) is 3.78. The third-order valence-electron chi connectivity index (χ3n) is 7.62. The highest BCUT2D eigenvalue weighted by Gasteiger charge is 2.47. The number of aromatic hydroxyl groups is 1. The van der Waals surface area contributed by atoms with E-state index in [-0.39, 0.29) is 17.6 Å². The van der Waals surface area contributed by atoms with E-state index < -0.39 is 11.4 Å². The molecule has 8 heteroatoms. The summed E-state index contributed by atoms with van der Waals surface area (Å²) < 4.78 is 19.4. The van der Waals surface area contributed by atoms with Crippen LogP contribution in [0.4, 0.5) is 10.1 Å². The van der Waals surface area contributed by atoms with Gasteiger partial charge in [0, 0.05) is 29.3 Å². The molecule has 5 aromatic rings. The van der Waals surface area contributed by atoms with Crippen molar-refractivity contribution in [2.75, 3.05) is 5.32 Å². The van der Waals surface area contributed by atoms with Gasteiger partial charge in [0.05, 0.1) is 16.8 Å². The van der Waals surface area contributed by atoms with Crippen molar-refractivity contribution in [3.63, 3.8) is 0 Å². The van der Waals surface area contributed by atoms with Crippen LogP contribution in [0.25, 0.3) is 22.1 Å². The van der Waals surface area contributed by atoms with E-state index in [2.05, 4.69) is 15.6 Å². The Bertz CT molecular complexity index is 1790. The van der Waals surface area contributed by atoms with Crippen molar-refractivity contribution in [1.82, 2.24) is 10.3 Å². The molecule has 0 bridgehead atoms. The minimum Gasteiger partial charge on any atom is -0.508 e. The molecule has 41 heavy (non-hydrogen) atoms. The number of halogens is 1. The third-order valence-corrected chi connectivity index (χ3v) is 7.62. The normalized spacial score (nSPS) is 13.6. The number of carbonyl (C=O) groups is 2. The number of pyridine rings is 1. The summed E-state index contributed by atoms with van der Waals surface area (Å²) in [4.78, 5) is 31.2. The van der Waals surface area contributed by atoms with Gasteiger partial charge in [-0.3, -0.25) is 14.6 Å². The SMILES string of the molecule is CCc1oc2ccc(-c3cc(C(=O)NC4(c5ccccn5)CC4)cc(O)c3C)cc2c1C(=O)Nc1ccc(F)cc1. The summed E-state index contributed by atoms with van der Waals surface area (Å²) in [6.45, 7) is 3.68. The molecule has 0 saturated heterocycles. The van der Waals surface area contributed by atoms with Gasteiger partial charge in [-0.2, -0.15) is 0 Å². The van der Waals surface area contributed by atoms with Crippen molar-refractivity contribution in [3.05, 3.63) is 113 Å². The van der Waals surface area contributed by atoms with Crippen LogP contribution in [-0.2, 0) is 12.0 Å². The Hall–Kier alpha value is -4.98. The predicted molar refractivity (Wildman–Crippen MR) is 154 cm³/mol. The summed E-state index contributed by atoms with van der Waals surface area (Å²) in [5.74, 6) is -0.558. The molecule has 7 nitrogen and oxygen atoms in total. The number of benzene rings is 3. The van der Waals surface area contributed by atoms with Crippen molar-refractivity contribution in [3.8, 4) is 16.9 Å². The molecule has 2 aromatic heterocycles. The second-order valence-electron chi connectivity index (χ2n) is 10.3. The van der Waals surface area contributed by atoms with Crippen molar-refractivity contribution in [1.29, 1.82) is 0 Å². The molecular formula is C33H28FN3O4. The lowest BCUT2D eigenvalue weighted by atomic mass is 9.95. The number of anilines is 1. The largest absolute Gasteiger partial charge is 0.508 e. The van der Waals surface area contributed by atoms with Crippen molar-refractivity contribution in [2.24, 2.45) is 0 Å². The molecule has 3 N–H and O–H groups in total. The molecule has 1 saturated carbocycles. The Morgan fingerprint density at radius 3 is 2.49 bits per heavy atom. The van der Waals surface area contributed by atoms with Crippen LogP contribution in [0.2, 0.25) is 0 Å². The molecule has 6 rings (SSSR count). The molecular weight excluding hydrogens is 521 g/mol. The Morgan fingerprint density at radius 2 is 1.80 bits per heavy atom. The number of nitrogens with one attached hydrogen (secondary N) is 2. The van der Waals surface area contributed by atoms with Gasteiger partial charge in [0.2, 0.25) is 0 Å². The number of furan rings is 1. The Labute approximate surface area is 236 Å². The molecule has 2 amide bonds. The number of fused-ring (bicyclic) bond motifs is 1. The standard InChI is InChI=1S/C33H28FN3O4/c1-3-27-30(32(40)36-23-10-8-22(34)9-11-23)25-16-20(7-12-28(25)41-27)24-17-21(18-26(38)19(24)2)31(39)37-33(13-14-33)29-6-4-5-15-35-29/h4-12,15-18,38H,3,13-14H2,1-2H3,(H,36,40)(H,37,39). The van der Waals surface area contributed by atoms with Crippen LogP contribution >= 0.6 is 0 Å². The highest BCUT2D eigenvalue weighted by molar-refractivity contribution is 6.14. The number of aryl methyl sites for hydroxylation is 1. The van der Waals surface area contributed by atoms with Crippen LogP contribution < -0.4 is 10.6 Å². The van der Waals surface area contributed by atoms with Crippen molar-refractivity contribution in [2.45, 2.75) is 38.6 Å². The minimum absolute atomic E-state index is 0.00820. The summed E-state index contributed by atoms with van der Waals surface area (Å²) >= 11 is 0. The Balaban J connectivity index is 1.36. The van der Waals surface area contributed by atoms with Crippen LogP contribution in [0.1, 0.15) is 57.5 Å². The van der Waals surface area contributed by atoms with Gasteiger partial charge < -0.3 is 20.2 Å². The van der Waals surface area contributed by atoms with Gasteiger partial charge in [0.15, 0.2) is 0 Å². The first kappa shape index (κ1) is 26.3. The quantitative estimate of drug-likeness (QED) is 0.205. The number of phenols is 1. The van der Waals surface area contributed by atoms with E-state index in [0.29, 0.717) is 56.7 Å². The number of phenolic OH excluding ortho intramolecular Hbond substituents is 1. The summed E-state index contributed by atoms with van der Waals surface area (Å²) in [7, 11) is 0. The fraction of sp³-hybridized carbons (Fsp3) is 0.182. The molecule has 0 atom stereocenters. The molecule has 1 aliphatic carbocycles. The lowest BCUT2D eigenvalue weighted by Crippen LogP contribution is -2.35. The van der Waals surface area contributed by atoms with E-state index in [0.717, 1.165) is 18.5 Å². The lowest BCUT2D eigenvalue weighted by molar-refractivity contribution is 0.0928. The van der Waals surface area contributed by atoms with E-state index in [9.17, 15) is 19.1 Å². The number of nitrogens with zero attached hydrogens (tertiary/aromatic N) is 1. The summed E-state index contributed by atoms with van der Waals surface area (Å²) in [6, 6.07) is 19.9. The van der Waals surface area contributed by atoms with Gasteiger partial charge >= 0.3 is 0 Å². The Morgan fingerprint density at radius 1 is 1.02 bits per heavy atom. The average Bonchev–Trinajstić information content (AvgIpc) is 3.67. The molecule has 3 aromatic carbocycles. The molecule has 2 heterocycles. The molecule has 0 aliphatic heterocycles. The maximum Gasteiger partial charge on any atom is 0.259 e. The minimum atomic E-state index is -0.502. The number of amides is 2. The molecule has 206 valence electrons. The predicted octanol–water partition coefficient (Wildman–Crippen LogP) is 6.88. The van der Waals surface area contributed by atoms with Crippen molar-refractivity contribution < 1.29 is 23.5 Å². The summed E-state index contributed by atoms with van der Waals surface area (Å²) in [5.41, 5.74) is 3.99. The van der Waals surface area contributed by atoms with Crippen LogP contribution in [0, 0.1) is 12.7 Å². The van der Waals surface area contributed by atoms with Gasteiger partial charge in [0.25, 0.3) is 11.8 Å².